The molecule has 1 aliphatic rings. The molecule has 0 unspecified atom stereocenters. The highest BCUT2D eigenvalue weighted by Gasteiger charge is 2.32. The fourth-order valence-electron chi connectivity index (χ4n) is 1.46. The standard InChI is InChI=1S/C8H19N3O2S/c1-14(12,13)11-6-8(7-11)5-10-4-2-3-9/h8,10H,2-7,9H2,1H3. The van der Waals surface area contributed by atoms with E-state index in [2.05, 4.69) is 5.32 Å². The minimum atomic E-state index is -2.95. The number of nitrogens with one attached hydrogen (secondary N) is 1. The zero-order chi connectivity index (χ0) is 10.6. The van der Waals surface area contributed by atoms with Crippen molar-refractivity contribution in [2.24, 2.45) is 11.7 Å². The van der Waals surface area contributed by atoms with Crippen molar-refractivity contribution < 1.29 is 8.42 Å². The van der Waals surface area contributed by atoms with Gasteiger partial charge < -0.3 is 11.1 Å². The summed E-state index contributed by atoms with van der Waals surface area (Å²) in [5, 5.41) is 3.26. The molecule has 6 heteroatoms. The molecule has 0 radical (unpaired) electrons. The van der Waals surface area contributed by atoms with Gasteiger partial charge in [0.05, 0.1) is 6.26 Å². The van der Waals surface area contributed by atoms with Crippen LogP contribution in [0.4, 0.5) is 0 Å². The largest absolute Gasteiger partial charge is 0.330 e. The van der Waals surface area contributed by atoms with Crippen molar-refractivity contribution in [2.45, 2.75) is 6.42 Å². The van der Waals surface area contributed by atoms with Gasteiger partial charge in [0.25, 0.3) is 0 Å². The summed E-state index contributed by atoms with van der Waals surface area (Å²) in [6.45, 7) is 3.84. The SMILES string of the molecule is CS(=O)(=O)N1CC(CNCCCN)C1. The Hall–Kier alpha value is -0.170. The molecule has 0 aromatic carbocycles. The Morgan fingerprint density at radius 2 is 2.14 bits per heavy atom. The van der Waals surface area contributed by atoms with E-state index in [1.54, 1.807) is 0 Å². The third-order valence-electron chi connectivity index (χ3n) is 2.38. The van der Waals surface area contributed by atoms with Gasteiger partial charge in [-0.15, -0.1) is 0 Å². The zero-order valence-corrected chi connectivity index (χ0v) is 9.39. The van der Waals surface area contributed by atoms with Crippen LogP contribution in [0.25, 0.3) is 0 Å². The van der Waals surface area contributed by atoms with Crippen molar-refractivity contribution >= 4 is 10.0 Å². The lowest BCUT2D eigenvalue weighted by Crippen LogP contribution is -2.52. The van der Waals surface area contributed by atoms with Crippen molar-refractivity contribution in [1.29, 1.82) is 0 Å². The Kier molecular flexibility index (Phi) is 4.31. The van der Waals surface area contributed by atoms with E-state index in [9.17, 15) is 8.42 Å². The minimum absolute atomic E-state index is 0.475. The molecule has 0 spiro atoms. The van der Waals surface area contributed by atoms with Crippen LogP contribution in [-0.2, 0) is 10.0 Å². The van der Waals surface area contributed by atoms with E-state index in [-0.39, 0.29) is 0 Å². The molecule has 0 aliphatic carbocycles. The van der Waals surface area contributed by atoms with Crippen molar-refractivity contribution in [2.75, 3.05) is 39.0 Å². The van der Waals surface area contributed by atoms with E-state index in [1.807, 2.05) is 0 Å². The molecule has 0 aromatic heterocycles. The first-order valence-electron chi connectivity index (χ1n) is 4.90. The van der Waals surface area contributed by atoms with Gasteiger partial charge in [-0.05, 0) is 25.4 Å². The summed E-state index contributed by atoms with van der Waals surface area (Å²) in [4.78, 5) is 0. The Morgan fingerprint density at radius 1 is 1.50 bits per heavy atom. The van der Waals surface area contributed by atoms with E-state index >= 15 is 0 Å². The summed E-state index contributed by atoms with van der Waals surface area (Å²) in [6, 6.07) is 0. The minimum Gasteiger partial charge on any atom is -0.330 e. The van der Waals surface area contributed by atoms with Gasteiger partial charge >= 0.3 is 0 Å². The number of rotatable bonds is 6. The van der Waals surface area contributed by atoms with E-state index in [0.29, 0.717) is 25.6 Å². The van der Waals surface area contributed by atoms with Crippen molar-refractivity contribution in [3.8, 4) is 0 Å². The Bertz CT molecular complexity index is 260. The summed E-state index contributed by atoms with van der Waals surface area (Å²) in [7, 11) is -2.95. The fraction of sp³-hybridized carbons (Fsp3) is 1.00. The second-order valence-corrected chi connectivity index (χ2v) is 5.77. The van der Waals surface area contributed by atoms with Crippen LogP contribution in [0.3, 0.4) is 0 Å². The zero-order valence-electron chi connectivity index (χ0n) is 8.57. The highest BCUT2D eigenvalue weighted by molar-refractivity contribution is 7.88. The van der Waals surface area contributed by atoms with Crippen LogP contribution in [0.1, 0.15) is 6.42 Å². The lowest BCUT2D eigenvalue weighted by molar-refractivity contribution is 0.197. The molecule has 3 N–H and O–H groups in total. The maximum absolute atomic E-state index is 11.0. The lowest BCUT2D eigenvalue weighted by atomic mass is 10.0. The number of nitrogens with two attached hydrogens (primary N) is 1. The second-order valence-electron chi connectivity index (χ2n) is 3.79. The van der Waals surface area contributed by atoms with E-state index in [1.165, 1.54) is 10.6 Å². The van der Waals surface area contributed by atoms with Gasteiger partial charge in [0.2, 0.25) is 10.0 Å². The monoisotopic (exact) mass is 221 g/mol. The van der Waals surface area contributed by atoms with Gasteiger partial charge in [-0.25, -0.2) is 12.7 Å². The maximum atomic E-state index is 11.0. The van der Waals surface area contributed by atoms with Gasteiger partial charge in [-0.2, -0.15) is 0 Å². The molecule has 0 atom stereocenters. The summed E-state index contributed by atoms with van der Waals surface area (Å²) in [6.07, 6.45) is 2.23. The van der Waals surface area contributed by atoms with Gasteiger partial charge in [-0.1, -0.05) is 0 Å². The Labute approximate surface area is 85.7 Å². The summed E-state index contributed by atoms with van der Waals surface area (Å²) in [5.41, 5.74) is 5.34. The molecule has 1 aliphatic heterocycles. The highest BCUT2D eigenvalue weighted by Crippen LogP contribution is 2.17. The molecule has 1 rings (SSSR count). The third kappa shape index (κ3) is 3.53. The van der Waals surface area contributed by atoms with Gasteiger partial charge in [-0.3, -0.25) is 0 Å². The van der Waals surface area contributed by atoms with E-state index in [4.69, 9.17) is 5.73 Å². The van der Waals surface area contributed by atoms with Crippen LogP contribution < -0.4 is 11.1 Å². The van der Waals surface area contributed by atoms with Gasteiger partial charge in [0.1, 0.15) is 0 Å². The van der Waals surface area contributed by atoms with E-state index < -0.39 is 10.0 Å². The van der Waals surface area contributed by atoms with Crippen LogP contribution in [0.5, 0.6) is 0 Å². The van der Waals surface area contributed by atoms with Gasteiger partial charge in [0.15, 0.2) is 0 Å². The molecule has 1 fully saturated rings. The van der Waals surface area contributed by atoms with Crippen LogP contribution in [0, 0.1) is 5.92 Å². The van der Waals surface area contributed by atoms with Crippen LogP contribution >= 0.6 is 0 Å². The number of sulfonamides is 1. The van der Waals surface area contributed by atoms with Crippen molar-refractivity contribution in [1.82, 2.24) is 9.62 Å². The Balaban J connectivity index is 2.05. The smallest absolute Gasteiger partial charge is 0.211 e. The molecule has 84 valence electrons. The molecule has 1 heterocycles. The molecule has 0 bridgehead atoms. The third-order valence-corrected chi connectivity index (χ3v) is 3.62. The summed E-state index contributed by atoms with van der Waals surface area (Å²) < 4.78 is 23.6. The molecular weight excluding hydrogens is 202 g/mol. The maximum Gasteiger partial charge on any atom is 0.211 e. The average Bonchev–Trinajstić information content (AvgIpc) is 1.98. The Morgan fingerprint density at radius 3 is 2.64 bits per heavy atom. The molecule has 14 heavy (non-hydrogen) atoms. The van der Waals surface area contributed by atoms with Crippen LogP contribution in [-0.4, -0.2) is 51.7 Å². The molecule has 1 saturated heterocycles. The molecular formula is C8H19N3O2S. The topological polar surface area (TPSA) is 75.4 Å². The van der Waals surface area contributed by atoms with Crippen molar-refractivity contribution in [3.63, 3.8) is 0 Å². The van der Waals surface area contributed by atoms with Gasteiger partial charge in [0, 0.05) is 19.6 Å². The second kappa shape index (κ2) is 5.06. The molecule has 0 saturated carbocycles. The lowest BCUT2D eigenvalue weighted by Gasteiger charge is -2.37. The molecule has 0 aromatic rings. The predicted octanol–water partition coefficient (Wildman–Crippen LogP) is -1.18. The van der Waals surface area contributed by atoms with E-state index in [0.717, 1.165) is 19.5 Å². The van der Waals surface area contributed by atoms with Crippen molar-refractivity contribution in [3.05, 3.63) is 0 Å². The first-order valence-corrected chi connectivity index (χ1v) is 6.75. The quantitative estimate of drug-likeness (QED) is 0.553. The summed E-state index contributed by atoms with van der Waals surface area (Å²) in [5.74, 6) is 0.475. The number of hydrogen-bond acceptors (Lipinski definition) is 4. The normalized spacial score (nSPS) is 19.6. The first kappa shape index (κ1) is 11.9. The molecule has 5 nitrogen and oxygen atoms in total. The predicted molar refractivity (Wildman–Crippen MR) is 56.4 cm³/mol. The summed E-state index contributed by atoms with van der Waals surface area (Å²) >= 11 is 0. The number of hydrogen-bond donors (Lipinski definition) is 2. The van der Waals surface area contributed by atoms with Crippen LogP contribution in [0.15, 0.2) is 0 Å². The molecule has 0 amide bonds. The number of nitrogens with zero attached hydrogens (tertiary/aromatic N) is 1. The fourth-order valence-corrected chi connectivity index (χ4v) is 2.42. The first-order chi connectivity index (χ1) is 6.54. The highest BCUT2D eigenvalue weighted by atomic mass is 32.2. The average molecular weight is 221 g/mol. The van der Waals surface area contributed by atoms with Crippen LogP contribution in [0.2, 0.25) is 0 Å².